The smallest absolute Gasteiger partial charge is 0.318 e. The Labute approximate surface area is 183 Å². The SMILES string of the molecule is O=C1CCN(Cc2cccc(CN3CCCC3)c2)c2nc(OC3CCCC3)ncc2N1. The number of carbonyl (C=O) groups is 1. The van der Waals surface area contributed by atoms with Crippen LogP contribution in [0.25, 0.3) is 0 Å². The predicted octanol–water partition coefficient (Wildman–Crippen LogP) is 3.74. The number of hydrogen-bond donors (Lipinski definition) is 1. The summed E-state index contributed by atoms with van der Waals surface area (Å²) >= 11 is 0. The van der Waals surface area contributed by atoms with Crippen molar-refractivity contribution in [1.82, 2.24) is 14.9 Å². The van der Waals surface area contributed by atoms with Crippen LogP contribution in [-0.4, -0.2) is 46.5 Å². The Balaban J connectivity index is 1.35. The van der Waals surface area contributed by atoms with E-state index in [4.69, 9.17) is 9.72 Å². The van der Waals surface area contributed by atoms with Crippen LogP contribution in [0.4, 0.5) is 11.5 Å². The zero-order valence-corrected chi connectivity index (χ0v) is 18.1. The van der Waals surface area contributed by atoms with Crippen LogP contribution in [0.2, 0.25) is 0 Å². The first-order valence-electron chi connectivity index (χ1n) is 11.6. The zero-order valence-electron chi connectivity index (χ0n) is 18.1. The monoisotopic (exact) mass is 421 g/mol. The predicted molar refractivity (Wildman–Crippen MR) is 120 cm³/mol. The molecule has 0 unspecified atom stereocenters. The summed E-state index contributed by atoms with van der Waals surface area (Å²) in [7, 11) is 0. The van der Waals surface area contributed by atoms with E-state index in [9.17, 15) is 4.79 Å². The van der Waals surface area contributed by atoms with Gasteiger partial charge in [0.25, 0.3) is 0 Å². The van der Waals surface area contributed by atoms with E-state index in [-0.39, 0.29) is 12.0 Å². The highest BCUT2D eigenvalue weighted by atomic mass is 16.5. The fourth-order valence-electron chi connectivity index (χ4n) is 4.85. The molecule has 3 heterocycles. The van der Waals surface area contributed by atoms with Crippen molar-refractivity contribution in [3.05, 3.63) is 41.6 Å². The van der Waals surface area contributed by atoms with Crippen molar-refractivity contribution < 1.29 is 9.53 Å². The van der Waals surface area contributed by atoms with Crippen LogP contribution < -0.4 is 15.0 Å². The van der Waals surface area contributed by atoms with Crippen LogP contribution in [0.3, 0.4) is 0 Å². The summed E-state index contributed by atoms with van der Waals surface area (Å²) in [6.45, 7) is 4.72. The van der Waals surface area contributed by atoms with Gasteiger partial charge < -0.3 is 15.0 Å². The molecule has 1 saturated carbocycles. The summed E-state index contributed by atoms with van der Waals surface area (Å²) in [5.74, 6) is 0.749. The second-order valence-electron chi connectivity index (χ2n) is 8.94. The molecule has 2 fully saturated rings. The van der Waals surface area contributed by atoms with Crippen molar-refractivity contribution in [3.63, 3.8) is 0 Å². The van der Waals surface area contributed by atoms with Crippen molar-refractivity contribution in [1.29, 1.82) is 0 Å². The topological polar surface area (TPSA) is 70.6 Å². The second kappa shape index (κ2) is 9.22. The zero-order chi connectivity index (χ0) is 21.0. The summed E-state index contributed by atoms with van der Waals surface area (Å²) < 4.78 is 6.03. The van der Waals surface area contributed by atoms with E-state index in [0.29, 0.717) is 31.2 Å². The van der Waals surface area contributed by atoms with Crippen molar-refractivity contribution in [2.24, 2.45) is 0 Å². The number of nitrogens with zero attached hydrogens (tertiary/aromatic N) is 4. The molecule has 164 valence electrons. The Morgan fingerprint density at radius 3 is 2.61 bits per heavy atom. The van der Waals surface area contributed by atoms with E-state index in [1.54, 1.807) is 6.20 Å². The molecule has 1 aromatic carbocycles. The van der Waals surface area contributed by atoms with Crippen LogP contribution >= 0.6 is 0 Å². The average molecular weight is 422 g/mol. The van der Waals surface area contributed by atoms with Crippen molar-refractivity contribution in [3.8, 4) is 6.01 Å². The van der Waals surface area contributed by atoms with Crippen LogP contribution in [0, 0.1) is 0 Å². The van der Waals surface area contributed by atoms with Crippen molar-refractivity contribution in [2.75, 3.05) is 29.9 Å². The van der Waals surface area contributed by atoms with E-state index in [1.807, 2.05) is 0 Å². The van der Waals surface area contributed by atoms with Crippen LogP contribution in [0.5, 0.6) is 6.01 Å². The molecule has 1 aliphatic carbocycles. The lowest BCUT2D eigenvalue weighted by Crippen LogP contribution is -2.25. The molecule has 0 atom stereocenters. The molecule has 2 aromatic rings. The minimum Gasteiger partial charge on any atom is -0.460 e. The molecule has 1 N–H and O–H groups in total. The molecule has 3 aliphatic rings. The van der Waals surface area contributed by atoms with Gasteiger partial charge in [-0.3, -0.25) is 9.69 Å². The number of likely N-dealkylation sites (tertiary alicyclic amines) is 1. The number of hydrogen-bond acceptors (Lipinski definition) is 6. The van der Waals surface area contributed by atoms with Gasteiger partial charge in [-0.05, 0) is 62.7 Å². The van der Waals surface area contributed by atoms with E-state index in [2.05, 4.69) is 44.4 Å². The Bertz CT molecular complexity index is 922. The third kappa shape index (κ3) is 4.98. The van der Waals surface area contributed by atoms with E-state index >= 15 is 0 Å². The molecular weight excluding hydrogens is 390 g/mol. The molecule has 1 aromatic heterocycles. The summed E-state index contributed by atoms with van der Waals surface area (Å²) in [5, 5.41) is 2.95. The lowest BCUT2D eigenvalue weighted by atomic mass is 10.1. The average Bonchev–Trinajstić information content (AvgIpc) is 3.44. The highest BCUT2D eigenvalue weighted by Gasteiger charge is 2.24. The number of benzene rings is 1. The fourth-order valence-corrected chi connectivity index (χ4v) is 4.85. The molecule has 1 amide bonds. The highest BCUT2D eigenvalue weighted by Crippen LogP contribution is 2.30. The molecule has 7 nitrogen and oxygen atoms in total. The second-order valence-corrected chi connectivity index (χ2v) is 8.94. The first-order valence-corrected chi connectivity index (χ1v) is 11.6. The molecule has 5 rings (SSSR count). The quantitative estimate of drug-likeness (QED) is 0.766. The summed E-state index contributed by atoms with van der Waals surface area (Å²) in [5.41, 5.74) is 3.24. The van der Waals surface area contributed by atoms with E-state index in [1.165, 1.54) is 49.9 Å². The third-order valence-corrected chi connectivity index (χ3v) is 6.47. The highest BCUT2D eigenvalue weighted by molar-refractivity contribution is 5.95. The molecule has 0 spiro atoms. The molecule has 0 radical (unpaired) electrons. The maximum atomic E-state index is 12.2. The number of carbonyl (C=O) groups excluding carboxylic acids is 1. The van der Waals surface area contributed by atoms with Crippen molar-refractivity contribution in [2.45, 2.75) is 64.1 Å². The molecular formula is C24H31N5O2. The van der Waals surface area contributed by atoms with Gasteiger partial charge in [0.05, 0.1) is 6.20 Å². The Kier molecular flexibility index (Phi) is 6.02. The third-order valence-electron chi connectivity index (χ3n) is 6.47. The summed E-state index contributed by atoms with van der Waals surface area (Å²) in [6, 6.07) is 9.20. The number of nitrogens with one attached hydrogen (secondary N) is 1. The van der Waals surface area contributed by atoms with Crippen LogP contribution in [0.1, 0.15) is 56.1 Å². The van der Waals surface area contributed by atoms with Crippen molar-refractivity contribution >= 4 is 17.4 Å². The number of amides is 1. The number of fused-ring (bicyclic) bond motifs is 1. The standard InChI is InChI=1S/C24H31N5O2/c30-22-10-13-29(17-19-7-5-6-18(14-19)16-28-11-3-4-12-28)23-21(26-22)15-25-24(27-23)31-20-8-1-2-9-20/h5-7,14-15,20H,1-4,8-13,16-17H2,(H,26,30). The Hall–Kier alpha value is -2.67. The molecule has 31 heavy (non-hydrogen) atoms. The van der Waals surface area contributed by atoms with Gasteiger partial charge in [-0.2, -0.15) is 4.98 Å². The largest absolute Gasteiger partial charge is 0.460 e. The maximum Gasteiger partial charge on any atom is 0.318 e. The van der Waals surface area contributed by atoms with Gasteiger partial charge in [0.2, 0.25) is 5.91 Å². The van der Waals surface area contributed by atoms with Gasteiger partial charge in [-0.25, -0.2) is 4.98 Å². The van der Waals surface area contributed by atoms with Crippen LogP contribution in [0.15, 0.2) is 30.5 Å². The van der Waals surface area contributed by atoms with Gasteiger partial charge >= 0.3 is 6.01 Å². The molecule has 2 aliphatic heterocycles. The first kappa shape index (κ1) is 20.2. The first-order chi connectivity index (χ1) is 15.2. The van der Waals surface area contributed by atoms with E-state index in [0.717, 1.165) is 25.2 Å². The van der Waals surface area contributed by atoms with Gasteiger partial charge in [0.1, 0.15) is 11.8 Å². The van der Waals surface area contributed by atoms with Gasteiger partial charge in [0.15, 0.2) is 5.82 Å². The number of rotatable bonds is 6. The number of anilines is 2. The summed E-state index contributed by atoms with van der Waals surface area (Å²) in [4.78, 5) is 26.0. The van der Waals surface area contributed by atoms with Crippen LogP contribution in [-0.2, 0) is 17.9 Å². The maximum absolute atomic E-state index is 12.2. The van der Waals surface area contributed by atoms with Gasteiger partial charge in [0, 0.05) is 26.1 Å². The lowest BCUT2D eigenvalue weighted by Gasteiger charge is -2.24. The van der Waals surface area contributed by atoms with Gasteiger partial charge in [-0.15, -0.1) is 0 Å². The Morgan fingerprint density at radius 1 is 1.03 bits per heavy atom. The molecule has 1 saturated heterocycles. The molecule has 7 heteroatoms. The Morgan fingerprint density at radius 2 is 1.81 bits per heavy atom. The minimum atomic E-state index is -0.000375. The summed E-state index contributed by atoms with van der Waals surface area (Å²) in [6.07, 6.45) is 9.45. The minimum absolute atomic E-state index is 0.000375. The number of ether oxygens (including phenoxy) is 1. The van der Waals surface area contributed by atoms with Gasteiger partial charge in [-0.1, -0.05) is 24.3 Å². The normalized spacial score (nSPS) is 19.9. The lowest BCUT2D eigenvalue weighted by molar-refractivity contribution is -0.115. The molecule has 0 bridgehead atoms. The fraction of sp³-hybridized carbons (Fsp3) is 0.542. The van der Waals surface area contributed by atoms with E-state index < -0.39 is 0 Å². The number of aromatic nitrogens is 2.